The van der Waals surface area contributed by atoms with Crippen molar-refractivity contribution in [2.75, 3.05) is 0 Å². The Labute approximate surface area is 134 Å². The molecule has 0 saturated heterocycles. The molecule has 5 heteroatoms. The van der Waals surface area contributed by atoms with E-state index in [9.17, 15) is 0 Å². The number of aromatic nitrogens is 1. The average molecular weight is 311 g/mol. The summed E-state index contributed by atoms with van der Waals surface area (Å²) in [5.41, 5.74) is 6.29. The lowest BCUT2D eigenvalue weighted by Gasteiger charge is -2.12. The molecule has 1 aliphatic rings. The maximum Gasteiger partial charge on any atom is 0.0530 e. The first-order chi connectivity index (χ1) is 10.7. The summed E-state index contributed by atoms with van der Waals surface area (Å²) in [4.78, 5) is 5.25. The molecule has 0 atom stereocenters. The lowest BCUT2D eigenvalue weighted by atomic mass is 10.1. The highest BCUT2D eigenvalue weighted by Gasteiger charge is 2.19. The van der Waals surface area contributed by atoms with Crippen LogP contribution in [-0.2, 0) is 13.1 Å². The Hall–Kier alpha value is -2.08. The van der Waals surface area contributed by atoms with Crippen LogP contribution in [-0.4, -0.2) is 14.5 Å². The number of rotatable bonds is 5. The van der Waals surface area contributed by atoms with Crippen molar-refractivity contribution in [2.24, 2.45) is 0 Å². The molecule has 2 aromatic rings. The number of nitrogens with zero attached hydrogens (tertiary/aromatic N) is 2. The molecule has 2 heterocycles. The topological polar surface area (TPSA) is 48.4 Å². The van der Waals surface area contributed by atoms with E-state index >= 15 is 0 Å². The van der Waals surface area contributed by atoms with Gasteiger partial charge in [-0.3, -0.25) is 15.7 Å². The van der Waals surface area contributed by atoms with E-state index < -0.39 is 0 Å². The second-order valence-corrected chi connectivity index (χ2v) is 6.24. The Balaban J connectivity index is 1.68. The van der Waals surface area contributed by atoms with Crippen LogP contribution < -0.4 is 5.48 Å². The van der Waals surface area contributed by atoms with Crippen LogP contribution in [0.2, 0.25) is 0 Å². The normalized spacial score (nSPS) is 14.2. The standard InChI is InChI=1S/C17H17N3OS/c1-13(19-21)2-3-14-4-5-15-11-20(12-16(15)10-14)22-17-6-8-18-9-7-17/h2-10,19,21H,1,11-12H2/b3-2+. The highest BCUT2D eigenvalue weighted by atomic mass is 32.2. The van der Waals surface area contributed by atoms with Crippen LogP contribution in [0, 0.1) is 0 Å². The molecule has 0 unspecified atom stereocenters. The van der Waals surface area contributed by atoms with Gasteiger partial charge >= 0.3 is 0 Å². The predicted octanol–water partition coefficient (Wildman–Crippen LogP) is 3.61. The second kappa shape index (κ2) is 6.79. The van der Waals surface area contributed by atoms with Crippen molar-refractivity contribution in [3.63, 3.8) is 0 Å². The zero-order chi connectivity index (χ0) is 15.4. The van der Waals surface area contributed by atoms with Gasteiger partial charge in [0.05, 0.1) is 5.70 Å². The van der Waals surface area contributed by atoms with Crippen molar-refractivity contribution < 1.29 is 5.21 Å². The van der Waals surface area contributed by atoms with E-state index in [4.69, 9.17) is 5.21 Å². The van der Waals surface area contributed by atoms with E-state index in [1.807, 2.05) is 36.1 Å². The number of nitrogens with one attached hydrogen (secondary N) is 1. The highest BCUT2D eigenvalue weighted by molar-refractivity contribution is 7.97. The molecule has 4 nitrogen and oxygen atoms in total. The van der Waals surface area contributed by atoms with Crippen molar-refractivity contribution in [1.82, 2.24) is 14.8 Å². The molecule has 0 amide bonds. The van der Waals surface area contributed by atoms with Gasteiger partial charge in [0.2, 0.25) is 0 Å². The fraction of sp³-hybridized carbons (Fsp3) is 0.118. The summed E-state index contributed by atoms with van der Waals surface area (Å²) >= 11 is 1.75. The SMILES string of the molecule is C=C(/C=C/c1ccc2c(c1)CN(Sc1ccncc1)C2)NO. The van der Waals surface area contributed by atoms with Crippen LogP contribution in [0.1, 0.15) is 16.7 Å². The summed E-state index contributed by atoms with van der Waals surface area (Å²) < 4.78 is 2.34. The number of hydrogen-bond donors (Lipinski definition) is 2. The summed E-state index contributed by atoms with van der Waals surface area (Å²) in [6.45, 7) is 5.52. The maximum absolute atomic E-state index is 8.73. The quantitative estimate of drug-likeness (QED) is 0.502. The third kappa shape index (κ3) is 3.57. The number of hydrogen-bond acceptors (Lipinski definition) is 5. The van der Waals surface area contributed by atoms with E-state index in [2.05, 4.69) is 34.1 Å². The van der Waals surface area contributed by atoms with Gasteiger partial charge in [-0.2, -0.15) is 0 Å². The smallest absolute Gasteiger partial charge is 0.0530 e. The van der Waals surface area contributed by atoms with Gasteiger partial charge in [0, 0.05) is 30.4 Å². The van der Waals surface area contributed by atoms with Crippen molar-refractivity contribution >= 4 is 18.0 Å². The van der Waals surface area contributed by atoms with Crippen LogP contribution in [0.25, 0.3) is 6.08 Å². The first-order valence-electron chi connectivity index (χ1n) is 6.96. The predicted molar refractivity (Wildman–Crippen MR) is 88.9 cm³/mol. The molecule has 0 bridgehead atoms. The number of benzene rings is 1. The van der Waals surface area contributed by atoms with Crippen molar-refractivity contribution in [2.45, 2.75) is 18.0 Å². The average Bonchev–Trinajstić information content (AvgIpc) is 2.94. The molecular weight excluding hydrogens is 294 g/mol. The fourth-order valence-corrected chi connectivity index (χ4v) is 3.28. The Morgan fingerprint density at radius 1 is 1.23 bits per heavy atom. The van der Waals surface area contributed by atoms with Gasteiger partial charge in [0.15, 0.2) is 0 Å². The van der Waals surface area contributed by atoms with Crippen LogP contribution in [0.5, 0.6) is 0 Å². The monoisotopic (exact) mass is 311 g/mol. The first kappa shape index (κ1) is 14.8. The molecule has 3 rings (SSSR count). The highest BCUT2D eigenvalue weighted by Crippen LogP contribution is 2.33. The largest absolute Gasteiger partial charge is 0.291 e. The zero-order valence-electron chi connectivity index (χ0n) is 12.1. The summed E-state index contributed by atoms with van der Waals surface area (Å²) in [5, 5.41) is 8.73. The van der Waals surface area contributed by atoms with Gasteiger partial charge in [-0.25, -0.2) is 4.31 Å². The number of allylic oxidation sites excluding steroid dienone is 1. The van der Waals surface area contributed by atoms with E-state index in [1.165, 1.54) is 16.0 Å². The van der Waals surface area contributed by atoms with E-state index in [1.54, 1.807) is 18.0 Å². The molecule has 1 aliphatic heterocycles. The Bertz CT molecular complexity index is 700. The molecule has 0 saturated carbocycles. The van der Waals surface area contributed by atoms with Gasteiger partial charge < -0.3 is 0 Å². The van der Waals surface area contributed by atoms with Gasteiger partial charge in [0.1, 0.15) is 0 Å². The van der Waals surface area contributed by atoms with Gasteiger partial charge in [-0.05, 0) is 46.8 Å². The molecule has 22 heavy (non-hydrogen) atoms. The van der Waals surface area contributed by atoms with Crippen molar-refractivity contribution in [3.05, 3.63) is 77.8 Å². The minimum absolute atomic E-state index is 0.468. The van der Waals surface area contributed by atoms with Crippen LogP contribution >= 0.6 is 11.9 Å². The van der Waals surface area contributed by atoms with Gasteiger partial charge in [-0.1, -0.05) is 30.9 Å². The maximum atomic E-state index is 8.73. The third-order valence-electron chi connectivity index (χ3n) is 3.43. The van der Waals surface area contributed by atoms with Crippen molar-refractivity contribution in [3.8, 4) is 0 Å². The summed E-state index contributed by atoms with van der Waals surface area (Å²) in [5.74, 6) is 0. The van der Waals surface area contributed by atoms with E-state index in [0.29, 0.717) is 5.70 Å². The van der Waals surface area contributed by atoms with Crippen LogP contribution in [0.4, 0.5) is 0 Å². The molecule has 1 aromatic heterocycles. The van der Waals surface area contributed by atoms with Crippen LogP contribution in [0.15, 0.2) is 66.0 Å². The molecular formula is C17H17N3OS. The lowest BCUT2D eigenvalue weighted by Crippen LogP contribution is -2.05. The zero-order valence-corrected chi connectivity index (χ0v) is 12.9. The summed E-state index contributed by atoms with van der Waals surface area (Å²) in [6, 6.07) is 10.5. The molecule has 0 spiro atoms. The van der Waals surface area contributed by atoms with Gasteiger partial charge in [-0.15, -0.1) is 0 Å². The number of hydroxylamine groups is 1. The summed E-state index contributed by atoms with van der Waals surface area (Å²) in [6.07, 6.45) is 7.32. The Kier molecular flexibility index (Phi) is 4.58. The van der Waals surface area contributed by atoms with Crippen molar-refractivity contribution in [1.29, 1.82) is 0 Å². The molecule has 2 N–H and O–H groups in total. The molecule has 112 valence electrons. The Morgan fingerprint density at radius 3 is 2.77 bits per heavy atom. The first-order valence-corrected chi connectivity index (χ1v) is 7.74. The van der Waals surface area contributed by atoms with E-state index in [0.717, 1.165) is 18.7 Å². The molecule has 0 radical (unpaired) electrons. The minimum atomic E-state index is 0.468. The number of pyridine rings is 1. The van der Waals surface area contributed by atoms with E-state index in [-0.39, 0.29) is 0 Å². The van der Waals surface area contributed by atoms with Gasteiger partial charge in [0.25, 0.3) is 0 Å². The molecule has 1 aromatic carbocycles. The second-order valence-electron chi connectivity index (χ2n) is 5.07. The molecule has 0 aliphatic carbocycles. The molecule has 0 fully saturated rings. The third-order valence-corrected chi connectivity index (χ3v) is 4.43. The fourth-order valence-electron chi connectivity index (χ4n) is 2.33. The minimum Gasteiger partial charge on any atom is -0.291 e. The van der Waals surface area contributed by atoms with Crippen LogP contribution in [0.3, 0.4) is 0 Å². The lowest BCUT2D eigenvalue weighted by molar-refractivity contribution is 0.205. The number of fused-ring (bicyclic) bond motifs is 1. The summed E-state index contributed by atoms with van der Waals surface area (Å²) in [7, 11) is 0. The Morgan fingerprint density at radius 2 is 2.00 bits per heavy atom.